The molecule has 1 aliphatic rings. The number of anilines is 1. The summed E-state index contributed by atoms with van der Waals surface area (Å²) >= 11 is 0. The van der Waals surface area contributed by atoms with Crippen LogP contribution in [-0.4, -0.2) is 46.0 Å². The summed E-state index contributed by atoms with van der Waals surface area (Å²) in [6.45, 7) is 3.45. The van der Waals surface area contributed by atoms with Gasteiger partial charge in [-0.05, 0) is 24.5 Å². The smallest absolute Gasteiger partial charge is 0.317 e. The van der Waals surface area contributed by atoms with Gasteiger partial charge in [-0.25, -0.2) is 9.78 Å². The number of benzene rings is 1. The van der Waals surface area contributed by atoms with Gasteiger partial charge in [-0.3, -0.25) is 4.79 Å². The summed E-state index contributed by atoms with van der Waals surface area (Å²) in [5.41, 5.74) is 0.716. The molecule has 0 bridgehead atoms. The van der Waals surface area contributed by atoms with Crippen LogP contribution in [0.5, 0.6) is 0 Å². The number of nitrogens with zero attached hydrogens (tertiary/aromatic N) is 3. The highest BCUT2D eigenvalue weighted by Gasteiger charge is 2.29. The van der Waals surface area contributed by atoms with E-state index in [1.54, 1.807) is 17.4 Å². The van der Waals surface area contributed by atoms with E-state index in [-0.39, 0.29) is 24.5 Å². The lowest BCUT2D eigenvalue weighted by Gasteiger charge is -2.37. The molecule has 132 valence electrons. The van der Waals surface area contributed by atoms with Gasteiger partial charge in [0.2, 0.25) is 5.91 Å². The summed E-state index contributed by atoms with van der Waals surface area (Å²) in [6.07, 6.45) is 6.39. The maximum Gasteiger partial charge on any atom is 0.317 e. The maximum atomic E-state index is 12.4. The average molecular weight is 341 g/mol. The molecule has 7 heteroatoms. The summed E-state index contributed by atoms with van der Waals surface area (Å²) in [7, 11) is 0. The highest BCUT2D eigenvalue weighted by Crippen LogP contribution is 2.27. The number of nitrogens with one attached hydrogen (secondary N) is 2. The Kier molecular flexibility index (Phi) is 5.33. The predicted molar refractivity (Wildman–Crippen MR) is 95.1 cm³/mol. The first-order chi connectivity index (χ1) is 12.1. The Bertz CT molecular complexity index is 702. The Morgan fingerprint density at radius 1 is 1.28 bits per heavy atom. The van der Waals surface area contributed by atoms with E-state index in [1.165, 1.54) is 0 Å². The van der Waals surface area contributed by atoms with Gasteiger partial charge in [-0.15, -0.1) is 0 Å². The van der Waals surface area contributed by atoms with Crippen LogP contribution in [0.25, 0.3) is 0 Å². The minimum Gasteiger partial charge on any atom is -0.332 e. The van der Waals surface area contributed by atoms with Crippen LogP contribution in [0.4, 0.5) is 10.5 Å². The van der Waals surface area contributed by atoms with Gasteiger partial charge in [-0.1, -0.05) is 25.1 Å². The Morgan fingerprint density at radius 2 is 2.08 bits per heavy atom. The standard InChI is InChI=1S/C18H23N5O2/c1-14-7-9-22(12-16(14)23-10-8-19-13-23)18(25)20-11-17(24)21-15-5-3-2-4-6-15/h2-6,8,10,13-14,16H,7,9,11-12H2,1H3,(H,20,25)(H,21,24). The van der Waals surface area contributed by atoms with Gasteiger partial charge < -0.3 is 20.1 Å². The molecular weight excluding hydrogens is 318 g/mol. The molecule has 2 heterocycles. The number of amides is 3. The van der Waals surface area contributed by atoms with Crippen LogP contribution in [0.1, 0.15) is 19.4 Å². The molecule has 2 aromatic rings. The molecule has 0 radical (unpaired) electrons. The molecule has 0 spiro atoms. The second-order valence-corrected chi connectivity index (χ2v) is 6.36. The maximum absolute atomic E-state index is 12.4. The number of piperidine rings is 1. The minimum absolute atomic E-state index is 0.0461. The van der Waals surface area contributed by atoms with Gasteiger partial charge in [0.05, 0.1) is 18.9 Å². The molecular formula is C18H23N5O2. The number of carbonyl (C=O) groups excluding carboxylic acids is 2. The van der Waals surface area contributed by atoms with Crippen molar-refractivity contribution >= 4 is 17.6 Å². The molecule has 0 saturated carbocycles. The first kappa shape index (κ1) is 17.0. The number of imidazole rings is 1. The molecule has 7 nitrogen and oxygen atoms in total. The molecule has 1 saturated heterocycles. The van der Waals surface area contributed by atoms with Crippen molar-refractivity contribution in [3.8, 4) is 0 Å². The lowest BCUT2D eigenvalue weighted by molar-refractivity contribution is -0.115. The number of aromatic nitrogens is 2. The largest absolute Gasteiger partial charge is 0.332 e. The van der Waals surface area contributed by atoms with Crippen LogP contribution in [0, 0.1) is 5.92 Å². The van der Waals surface area contributed by atoms with Crippen molar-refractivity contribution in [2.45, 2.75) is 19.4 Å². The van der Waals surface area contributed by atoms with Crippen molar-refractivity contribution in [2.24, 2.45) is 5.92 Å². The van der Waals surface area contributed by atoms with E-state index in [1.807, 2.05) is 41.1 Å². The third kappa shape index (κ3) is 4.37. The van der Waals surface area contributed by atoms with Crippen molar-refractivity contribution in [1.29, 1.82) is 0 Å². The van der Waals surface area contributed by atoms with Crippen molar-refractivity contribution in [3.05, 3.63) is 49.1 Å². The summed E-state index contributed by atoms with van der Waals surface area (Å²) in [5, 5.41) is 5.46. The molecule has 3 amide bonds. The minimum atomic E-state index is -0.240. The zero-order chi connectivity index (χ0) is 17.6. The van der Waals surface area contributed by atoms with Gasteiger partial charge in [0, 0.05) is 31.2 Å². The zero-order valence-corrected chi connectivity index (χ0v) is 14.3. The molecule has 25 heavy (non-hydrogen) atoms. The third-order valence-corrected chi connectivity index (χ3v) is 4.57. The summed E-state index contributed by atoms with van der Waals surface area (Å²) < 4.78 is 2.05. The summed E-state index contributed by atoms with van der Waals surface area (Å²) in [5.74, 6) is 0.232. The number of carbonyl (C=O) groups is 2. The first-order valence-corrected chi connectivity index (χ1v) is 8.48. The van der Waals surface area contributed by atoms with E-state index in [0.717, 1.165) is 6.42 Å². The summed E-state index contributed by atoms with van der Waals surface area (Å²) in [4.78, 5) is 30.2. The number of para-hydroxylation sites is 1. The third-order valence-electron chi connectivity index (χ3n) is 4.57. The summed E-state index contributed by atoms with van der Waals surface area (Å²) in [6, 6.07) is 9.19. The van der Waals surface area contributed by atoms with Crippen LogP contribution in [0.15, 0.2) is 49.1 Å². The second-order valence-electron chi connectivity index (χ2n) is 6.36. The highest BCUT2D eigenvalue weighted by molar-refractivity contribution is 5.94. The number of rotatable bonds is 4. The number of hydrogen-bond acceptors (Lipinski definition) is 3. The van der Waals surface area contributed by atoms with E-state index in [0.29, 0.717) is 24.7 Å². The van der Waals surface area contributed by atoms with Crippen LogP contribution < -0.4 is 10.6 Å². The molecule has 0 aliphatic carbocycles. The van der Waals surface area contributed by atoms with Crippen LogP contribution in [0.2, 0.25) is 0 Å². The van der Waals surface area contributed by atoms with Gasteiger partial charge in [0.15, 0.2) is 0 Å². The zero-order valence-electron chi connectivity index (χ0n) is 14.3. The van der Waals surface area contributed by atoms with Crippen LogP contribution in [0.3, 0.4) is 0 Å². The van der Waals surface area contributed by atoms with Crippen LogP contribution in [-0.2, 0) is 4.79 Å². The van der Waals surface area contributed by atoms with Crippen LogP contribution >= 0.6 is 0 Å². The van der Waals surface area contributed by atoms with Crippen molar-refractivity contribution in [2.75, 3.05) is 25.0 Å². The van der Waals surface area contributed by atoms with Gasteiger partial charge in [-0.2, -0.15) is 0 Å². The predicted octanol–water partition coefficient (Wildman–Crippen LogP) is 2.11. The fraction of sp³-hybridized carbons (Fsp3) is 0.389. The SMILES string of the molecule is CC1CCN(C(=O)NCC(=O)Nc2ccccc2)CC1n1ccnc1. The van der Waals surface area contributed by atoms with Gasteiger partial charge in [0.1, 0.15) is 0 Å². The van der Waals surface area contributed by atoms with Crippen molar-refractivity contribution < 1.29 is 9.59 Å². The fourth-order valence-corrected chi connectivity index (χ4v) is 3.08. The Balaban J connectivity index is 1.50. The topological polar surface area (TPSA) is 79.3 Å². The average Bonchev–Trinajstić information content (AvgIpc) is 3.15. The van der Waals surface area contributed by atoms with E-state index >= 15 is 0 Å². The van der Waals surface area contributed by atoms with Crippen molar-refractivity contribution in [3.63, 3.8) is 0 Å². The van der Waals surface area contributed by atoms with E-state index in [4.69, 9.17) is 0 Å². The van der Waals surface area contributed by atoms with Gasteiger partial charge >= 0.3 is 6.03 Å². The Labute approximate surface area is 147 Å². The number of urea groups is 1. The molecule has 3 rings (SSSR count). The van der Waals surface area contributed by atoms with E-state index < -0.39 is 0 Å². The van der Waals surface area contributed by atoms with Crippen molar-refractivity contribution in [1.82, 2.24) is 19.8 Å². The molecule has 2 atom stereocenters. The Hall–Kier alpha value is -2.83. The lowest BCUT2D eigenvalue weighted by atomic mass is 9.93. The molecule has 1 aliphatic heterocycles. The molecule has 2 unspecified atom stereocenters. The monoisotopic (exact) mass is 341 g/mol. The quantitative estimate of drug-likeness (QED) is 0.894. The number of hydrogen-bond donors (Lipinski definition) is 2. The van der Waals surface area contributed by atoms with Gasteiger partial charge in [0.25, 0.3) is 0 Å². The molecule has 1 fully saturated rings. The lowest BCUT2D eigenvalue weighted by Crippen LogP contribution is -2.49. The second kappa shape index (κ2) is 7.83. The highest BCUT2D eigenvalue weighted by atomic mass is 16.2. The van der Waals surface area contributed by atoms with E-state index in [9.17, 15) is 9.59 Å². The molecule has 1 aromatic heterocycles. The molecule has 1 aromatic carbocycles. The number of likely N-dealkylation sites (tertiary alicyclic amines) is 1. The van der Waals surface area contributed by atoms with E-state index in [2.05, 4.69) is 22.5 Å². The Morgan fingerprint density at radius 3 is 2.80 bits per heavy atom. The normalized spacial score (nSPS) is 20.1. The molecule has 2 N–H and O–H groups in total. The first-order valence-electron chi connectivity index (χ1n) is 8.48. The fourth-order valence-electron chi connectivity index (χ4n) is 3.08.